The van der Waals surface area contributed by atoms with Crippen molar-refractivity contribution in [3.63, 3.8) is 0 Å². The zero-order valence-corrected chi connectivity index (χ0v) is 11.4. The Kier molecular flexibility index (Phi) is 5.78. The molecule has 0 aliphatic heterocycles. The molecule has 0 aromatic heterocycles. The minimum atomic E-state index is -0.356. The van der Waals surface area contributed by atoms with Crippen LogP contribution in [-0.2, 0) is 0 Å². The number of hydrogen-bond donors (Lipinski definition) is 3. The first kappa shape index (κ1) is 14.6. The van der Waals surface area contributed by atoms with E-state index in [1.807, 2.05) is 12.1 Å². The van der Waals surface area contributed by atoms with Gasteiger partial charge in [-0.25, -0.2) is 0 Å². The summed E-state index contributed by atoms with van der Waals surface area (Å²) in [6.07, 6.45) is 1.60. The van der Waals surface area contributed by atoms with E-state index in [4.69, 9.17) is 10.5 Å². The summed E-state index contributed by atoms with van der Waals surface area (Å²) in [5, 5.41) is 13.2. The lowest BCUT2D eigenvalue weighted by Crippen LogP contribution is -2.27. The average Bonchev–Trinajstić information content (AvgIpc) is 2.39. The molecule has 0 radical (unpaired) electrons. The van der Waals surface area contributed by atoms with Gasteiger partial charge < -0.3 is 20.9 Å². The number of nitrogen functional groups attached to an aromatic ring is 1. The molecule has 1 aromatic rings. The lowest BCUT2D eigenvalue weighted by molar-refractivity contribution is 0.114. The van der Waals surface area contributed by atoms with Crippen molar-refractivity contribution in [3.8, 4) is 5.75 Å². The Morgan fingerprint density at radius 3 is 2.56 bits per heavy atom. The molecule has 1 rings (SSSR count). The lowest BCUT2D eigenvalue weighted by Gasteiger charge is -2.21. The maximum absolute atomic E-state index is 10.1. The first-order valence-corrected chi connectivity index (χ1v) is 6.47. The van der Waals surface area contributed by atoms with Crippen molar-refractivity contribution < 1.29 is 9.84 Å². The molecule has 4 nitrogen and oxygen atoms in total. The minimum absolute atomic E-state index is 0.323. The Morgan fingerprint density at radius 2 is 2.00 bits per heavy atom. The number of aliphatic hydroxyl groups is 1. The lowest BCUT2D eigenvalue weighted by atomic mass is 9.96. The molecule has 0 saturated heterocycles. The topological polar surface area (TPSA) is 67.5 Å². The van der Waals surface area contributed by atoms with Crippen molar-refractivity contribution in [2.75, 3.05) is 24.7 Å². The second kappa shape index (κ2) is 7.11. The third kappa shape index (κ3) is 3.81. The predicted octanol–water partition coefficient (Wildman–Crippen LogP) is 2.49. The van der Waals surface area contributed by atoms with Crippen molar-refractivity contribution in [3.05, 3.63) is 18.2 Å². The van der Waals surface area contributed by atoms with Crippen LogP contribution in [-0.4, -0.2) is 24.9 Å². The van der Waals surface area contributed by atoms with E-state index in [0.29, 0.717) is 18.2 Å². The molecule has 1 unspecified atom stereocenters. The molecule has 4 N–H and O–H groups in total. The van der Waals surface area contributed by atoms with Gasteiger partial charge >= 0.3 is 0 Å². The number of rotatable bonds is 7. The third-order valence-electron chi connectivity index (χ3n) is 3.36. The molecule has 0 fully saturated rings. The predicted molar refractivity (Wildman–Crippen MR) is 76.0 cm³/mol. The van der Waals surface area contributed by atoms with Crippen LogP contribution in [0.25, 0.3) is 0 Å². The van der Waals surface area contributed by atoms with Gasteiger partial charge in [-0.1, -0.05) is 26.7 Å². The standard InChI is InChI=1S/C14H24N2O2/c1-4-10(5-2)14(17)9-16-13-8-11(18-3)6-7-12(13)15/h6-8,10,14,16-17H,4-5,9,15H2,1-3H3. The van der Waals surface area contributed by atoms with Crippen molar-refractivity contribution in [1.29, 1.82) is 0 Å². The largest absolute Gasteiger partial charge is 0.497 e. The van der Waals surface area contributed by atoms with Crippen LogP contribution in [0.4, 0.5) is 11.4 Å². The summed E-state index contributed by atoms with van der Waals surface area (Å²) in [6.45, 7) is 4.69. The number of aliphatic hydroxyl groups excluding tert-OH is 1. The second-order valence-corrected chi connectivity index (χ2v) is 4.48. The zero-order valence-electron chi connectivity index (χ0n) is 11.4. The number of hydrogen-bond acceptors (Lipinski definition) is 4. The van der Waals surface area contributed by atoms with Gasteiger partial charge in [0.25, 0.3) is 0 Å². The van der Waals surface area contributed by atoms with Crippen LogP contribution in [0.2, 0.25) is 0 Å². The van der Waals surface area contributed by atoms with Crippen LogP contribution in [0, 0.1) is 5.92 Å². The average molecular weight is 252 g/mol. The van der Waals surface area contributed by atoms with Crippen LogP contribution in [0.3, 0.4) is 0 Å². The summed E-state index contributed by atoms with van der Waals surface area (Å²) in [5.74, 6) is 1.08. The van der Waals surface area contributed by atoms with Crippen molar-refractivity contribution >= 4 is 11.4 Å². The fraction of sp³-hybridized carbons (Fsp3) is 0.571. The van der Waals surface area contributed by atoms with Gasteiger partial charge in [-0.05, 0) is 18.1 Å². The Balaban J connectivity index is 2.62. The summed E-state index contributed by atoms with van der Waals surface area (Å²) in [6, 6.07) is 5.46. The monoisotopic (exact) mass is 252 g/mol. The highest BCUT2D eigenvalue weighted by molar-refractivity contribution is 5.68. The van der Waals surface area contributed by atoms with Crippen molar-refractivity contribution in [1.82, 2.24) is 0 Å². The van der Waals surface area contributed by atoms with Gasteiger partial charge in [0, 0.05) is 12.6 Å². The number of nitrogens with two attached hydrogens (primary N) is 1. The van der Waals surface area contributed by atoms with Crippen LogP contribution in [0.1, 0.15) is 26.7 Å². The SMILES string of the molecule is CCC(CC)C(O)CNc1cc(OC)ccc1N. The molecular formula is C14H24N2O2. The molecule has 0 aliphatic carbocycles. The van der Waals surface area contributed by atoms with E-state index in [9.17, 15) is 5.11 Å². The number of ether oxygens (including phenoxy) is 1. The van der Waals surface area contributed by atoms with Crippen LogP contribution in [0.5, 0.6) is 5.75 Å². The molecule has 4 heteroatoms. The van der Waals surface area contributed by atoms with E-state index in [-0.39, 0.29) is 6.10 Å². The van der Waals surface area contributed by atoms with Crippen LogP contribution >= 0.6 is 0 Å². The number of anilines is 2. The summed E-state index contributed by atoms with van der Waals surface area (Å²) in [5.41, 5.74) is 7.34. The van der Waals surface area contributed by atoms with Crippen LogP contribution in [0.15, 0.2) is 18.2 Å². The highest BCUT2D eigenvalue weighted by Crippen LogP contribution is 2.24. The molecule has 0 spiro atoms. The summed E-state index contributed by atoms with van der Waals surface area (Å²) in [7, 11) is 1.62. The molecule has 0 bridgehead atoms. The van der Waals surface area contributed by atoms with Gasteiger partial charge in [0.1, 0.15) is 5.75 Å². The Labute approximate surface area is 109 Å². The first-order valence-electron chi connectivity index (χ1n) is 6.47. The highest BCUT2D eigenvalue weighted by Gasteiger charge is 2.15. The number of methoxy groups -OCH3 is 1. The highest BCUT2D eigenvalue weighted by atomic mass is 16.5. The minimum Gasteiger partial charge on any atom is -0.497 e. The first-order chi connectivity index (χ1) is 8.62. The van der Waals surface area contributed by atoms with E-state index in [1.165, 1.54) is 0 Å². The molecule has 18 heavy (non-hydrogen) atoms. The van der Waals surface area contributed by atoms with Crippen molar-refractivity contribution in [2.45, 2.75) is 32.8 Å². The summed E-state index contributed by atoms with van der Waals surface area (Å²) >= 11 is 0. The molecule has 0 aliphatic rings. The van der Waals surface area contributed by atoms with Crippen molar-refractivity contribution in [2.24, 2.45) is 5.92 Å². The number of nitrogens with one attached hydrogen (secondary N) is 1. The normalized spacial score (nSPS) is 12.5. The Morgan fingerprint density at radius 1 is 1.33 bits per heavy atom. The number of benzene rings is 1. The van der Waals surface area contributed by atoms with Crippen LogP contribution < -0.4 is 15.8 Å². The van der Waals surface area contributed by atoms with E-state index in [1.54, 1.807) is 13.2 Å². The second-order valence-electron chi connectivity index (χ2n) is 4.48. The van der Waals surface area contributed by atoms with Gasteiger partial charge in [-0.15, -0.1) is 0 Å². The maximum atomic E-state index is 10.1. The summed E-state index contributed by atoms with van der Waals surface area (Å²) < 4.78 is 5.15. The molecule has 102 valence electrons. The van der Waals surface area contributed by atoms with Gasteiger partial charge in [0.15, 0.2) is 0 Å². The summed E-state index contributed by atoms with van der Waals surface area (Å²) in [4.78, 5) is 0. The molecule has 0 saturated carbocycles. The van der Waals surface area contributed by atoms with E-state index in [0.717, 1.165) is 24.3 Å². The fourth-order valence-corrected chi connectivity index (χ4v) is 2.03. The Bertz CT molecular complexity index is 365. The van der Waals surface area contributed by atoms with E-state index in [2.05, 4.69) is 19.2 Å². The zero-order chi connectivity index (χ0) is 13.5. The maximum Gasteiger partial charge on any atom is 0.121 e. The van der Waals surface area contributed by atoms with Gasteiger partial charge in [-0.2, -0.15) is 0 Å². The third-order valence-corrected chi connectivity index (χ3v) is 3.36. The van der Waals surface area contributed by atoms with Gasteiger partial charge in [0.05, 0.1) is 24.6 Å². The van der Waals surface area contributed by atoms with Gasteiger partial charge in [-0.3, -0.25) is 0 Å². The molecular weight excluding hydrogens is 228 g/mol. The smallest absolute Gasteiger partial charge is 0.121 e. The molecule has 0 heterocycles. The Hall–Kier alpha value is -1.42. The molecule has 1 aromatic carbocycles. The van der Waals surface area contributed by atoms with Gasteiger partial charge in [0.2, 0.25) is 0 Å². The molecule has 0 amide bonds. The van der Waals surface area contributed by atoms with E-state index >= 15 is 0 Å². The molecule has 1 atom stereocenters. The van der Waals surface area contributed by atoms with E-state index < -0.39 is 0 Å². The quantitative estimate of drug-likeness (QED) is 0.652. The fourth-order valence-electron chi connectivity index (χ4n) is 2.03.